The number of likely N-dealkylation sites (tertiary alicyclic amines) is 1. The van der Waals surface area contributed by atoms with Gasteiger partial charge in [-0.15, -0.1) is 0 Å². The van der Waals surface area contributed by atoms with E-state index >= 15 is 0 Å². The summed E-state index contributed by atoms with van der Waals surface area (Å²) in [5.41, 5.74) is 0. The van der Waals surface area contributed by atoms with Crippen LogP contribution < -0.4 is 4.74 Å². The number of hydrogen-bond acceptors (Lipinski definition) is 3. The topological polar surface area (TPSA) is 32.7 Å². The van der Waals surface area contributed by atoms with Crippen molar-refractivity contribution in [1.82, 2.24) is 4.90 Å². The van der Waals surface area contributed by atoms with Crippen molar-refractivity contribution in [2.75, 3.05) is 19.6 Å². The molecule has 3 heteroatoms. The first kappa shape index (κ1) is 11.3. The molecule has 0 spiro atoms. The second kappa shape index (κ2) is 5.21. The first-order valence-corrected chi connectivity index (χ1v) is 5.96. The van der Waals surface area contributed by atoms with Gasteiger partial charge in [0.15, 0.2) is 0 Å². The molecule has 3 nitrogen and oxygen atoms in total. The van der Waals surface area contributed by atoms with Gasteiger partial charge >= 0.3 is 0 Å². The van der Waals surface area contributed by atoms with Crippen LogP contribution in [0.2, 0.25) is 0 Å². The average Bonchev–Trinajstić information content (AvgIpc) is 2.33. The van der Waals surface area contributed by atoms with Crippen LogP contribution in [0, 0.1) is 0 Å². The molecule has 2 rings (SSSR count). The van der Waals surface area contributed by atoms with Crippen LogP contribution in [0.5, 0.6) is 11.5 Å². The quantitative estimate of drug-likeness (QED) is 0.849. The zero-order valence-electron chi connectivity index (χ0n) is 9.72. The van der Waals surface area contributed by atoms with Crippen LogP contribution in [0.4, 0.5) is 0 Å². The van der Waals surface area contributed by atoms with Crippen LogP contribution in [0.15, 0.2) is 24.3 Å². The van der Waals surface area contributed by atoms with Gasteiger partial charge in [-0.05, 0) is 43.7 Å². The number of piperidine rings is 1. The molecular weight excluding hydrogens is 202 g/mol. The molecule has 1 N–H and O–H groups in total. The van der Waals surface area contributed by atoms with E-state index in [0.29, 0.717) is 6.10 Å². The third-order valence-electron chi connectivity index (χ3n) is 3.12. The van der Waals surface area contributed by atoms with Gasteiger partial charge in [0.25, 0.3) is 0 Å². The summed E-state index contributed by atoms with van der Waals surface area (Å²) in [5.74, 6) is 1.14. The molecule has 0 atom stereocenters. The normalized spacial score (nSPS) is 18.6. The molecule has 0 amide bonds. The minimum atomic E-state index is 0.285. The minimum Gasteiger partial charge on any atom is -0.508 e. The molecule has 1 saturated heterocycles. The number of phenolic OH excluding ortho intramolecular Hbond substituents is 1. The lowest BCUT2D eigenvalue weighted by Crippen LogP contribution is -2.37. The Morgan fingerprint density at radius 3 is 2.44 bits per heavy atom. The molecule has 1 aromatic rings. The van der Waals surface area contributed by atoms with E-state index in [0.717, 1.165) is 38.2 Å². The van der Waals surface area contributed by atoms with E-state index in [1.165, 1.54) is 0 Å². The fraction of sp³-hybridized carbons (Fsp3) is 0.538. The smallest absolute Gasteiger partial charge is 0.119 e. The molecule has 1 aliphatic heterocycles. The number of nitrogens with zero attached hydrogens (tertiary/aromatic N) is 1. The van der Waals surface area contributed by atoms with Crippen LogP contribution in [0.1, 0.15) is 19.8 Å². The molecule has 0 aliphatic carbocycles. The number of hydrogen-bond donors (Lipinski definition) is 1. The number of rotatable bonds is 3. The molecular formula is C13H19NO2. The van der Waals surface area contributed by atoms with Gasteiger partial charge < -0.3 is 14.7 Å². The van der Waals surface area contributed by atoms with Gasteiger partial charge in [0.2, 0.25) is 0 Å². The predicted octanol–water partition coefficient (Wildman–Crippen LogP) is 2.26. The minimum absolute atomic E-state index is 0.285. The van der Waals surface area contributed by atoms with E-state index < -0.39 is 0 Å². The summed E-state index contributed by atoms with van der Waals surface area (Å²) in [6.07, 6.45) is 2.51. The zero-order valence-corrected chi connectivity index (χ0v) is 9.72. The van der Waals surface area contributed by atoms with Crippen LogP contribution in [-0.4, -0.2) is 35.7 Å². The van der Waals surface area contributed by atoms with Crippen LogP contribution in [-0.2, 0) is 0 Å². The van der Waals surface area contributed by atoms with E-state index in [1.807, 2.05) is 12.1 Å². The van der Waals surface area contributed by atoms with Crippen molar-refractivity contribution in [3.05, 3.63) is 24.3 Å². The van der Waals surface area contributed by atoms with Crippen molar-refractivity contribution in [2.45, 2.75) is 25.9 Å². The number of benzene rings is 1. The van der Waals surface area contributed by atoms with Gasteiger partial charge in [-0.3, -0.25) is 0 Å². The van der Waals surface area contributed by atoms with Crippen LogP contribution in [0.25, 0.3) is 0 Å². The van der Waals surface area contributed by atoms with Crippen molar-refractivity contribution in [1.29, 1.82) is 0 Å². The van der Waals surface area contributed by atoms with Gasteiger partial charge in [0, 0.05) is 13.1 Å². The molecule has 0 saturated carbocycles. The average molecular weight is 221 g/mol. The van der Waals surface area contributed by atoms with Crippen LogP contribution in [0.3, 0.4) is 0 Å². The maximum absolute atomic E-state index is 9.17. The van der Waals surface area contributed by atoms with E-state index in [-0.39, 0.29) is 5.75 Å². The lowest BCUT2D eigenvalue weighted by atomic mass is 10.1. The van der Waals surface area contributed by atoms with Crippen molar-refractivity contribution in [3.63, 3.8) is 0 Å². The highest BCUT2D eigenvalue weighted by Gasteiger charge is 2.19. The molecule has 88 valence electrons. The highest BCUT2D eigenvalue weighted by molar-refractivity contribution is 5.30. The Bertz CT molecular complexity index is 315. The summed E-state index contributed by atoms with van der Waals surface area (Å²) in [6, 6.07) is 6.97. The Morgan fingerprint density at radius 1 is 1.25 bits per heavy atom. The summed E-state index contributed by atoms with van der Waals surface area (Å²) in [7, 11) is 0. The summed E-state index contributed by atoms with van der Waals surface area (Å²) < 4.78 is 5.87. The van der Waals surface area contributed by atoms with Crippen LogP contribution >= 0.6 is 0 Å². The lowest BCUT2D eigenvalue weighted by Gasteiger charge is -2.31. The second-order valence-electron chi connectivity index (χ2n) is 4.25. The van der Waals surface area contributed by atoms with Gasteiger partial charge in [-0.25, -0.2) is 0 Å². The van der Waals surface area contributed by atoms with Crippen molar-refractivity contribution < 1.29 is 9.84 Å². The van der Waals surface area contributed by atoms with E-state index in [9.17, 15) is 0 Å². The SMILES string of the molecule is CCN1CCC(Oc2ccc(O)cc2)CC1. The molecule has 0 aromatic heterocycles. The number of ether oxygens (including phenoxy) is 1. The fourth-order valence-corrected chi connectivity index (χ4v) is 2.06. The monoisotopic (exact) mass is 221 g/mol. The first-order valence-electron chi connectivity index (χ1n) is 5.96. The Labute approximate surface area is 96.6 Å². The molecule has 0 unspecified atom stereocenters. The number of aromatic hydroxyl groups is 1. The second-order valence-corrected chi connectivity index (χ2v) is 4.25. The number of phenols is 1. The van der Waals surface area contributed by atoms with Gasteiger partial charge in [0.05, 0.1) is 0 Å². The molecule has 0 bridgehead atoms. The Balaban J connectivity index is 1.84. The zero-order chi connectivity index (χ0) is 11.4. The molecule has 1 heterocycles. The highest BCUT2D eigenvalue weighted by Crippen LogP contribution is 2.21. The fourth-order valence-electron chi connectivity index (χ4n) is 2.06. The summed E-state index contributed by atoms with van der Waals surface area (Å²) >= 11 is 0. The Morgan fingerprint density at radius 2 is 1.88 bits per heavy atom. The maximum atomic E-state index is 9.17. The molecule has 16 heavy (non-hydrogen) atoms. The largest absolute Gasteiger partial charge is 0.508 e. The molecule has 0 radical (unpaired) electrons. The van der Waals surface area contributed by atoms with Gasteiger partial charge in [-0.1, -0.05) is 6.92 Å². The van der Waals surface area contributed by atoms with Crippen molar-refractivity contribution in [2.24, 2.45) is 0 Å². The van der Waals surface area contributed by atoms with Gasteiger partial charge in [0.1, 0.15) is 17.6 Å². The van der Waals surface area contributed by atoms with Crippen molar-refractivity contribution >= 4 is 0 Å². The van der Waals surface area contributed by atoms with E-state index in [2.05, 4.69) is 11.8 Å². The highest BCUT2D eigenvalue weighted by atomic mass is 16.5. The van der Waals surface area contributed by atoms with E-state index in [1.54, 1.807) is 12.1 Å². The third-order valence-corrected chi connectivity index (χ3v) is 3.12. The molecule has 1 fully saturated rings. The van der Waals surface area contributed by atoms with Crippen molar-refractivity contribution in [3.8, 4) is 11.5 Å². The van der Waals surface area contributed by atoms with Gasteiger partial charge in [-0.2, -0.15) is 0 Å². The lowest BCUT2D eigenvalue weighted by molar-refractivity contribution is 0.104. The maximum Gasteiger partial charge on any atom is 0.119 e. The predicted molar refractivity (Wildman–Crippen MR) is 63.9 cm³/mol. The summed E-state index contributed by atoms with van der Waals surface area (Å²) in [5, 5.41) is 9.17. The Hall–Kier alpha value is -1.22. The third kappa shape index (κ3) is 2.89. The molecule has 1 aromatic carbocycles. The van der Waals surface area contributed by atoms with E-state index in [4.69, 9.17) is 9.84 Å². The summed E-state index contributed by atoms with van der Waals surface area (Å²) in [4.78, 5) is 2.44. The first-order chi connectivity index (χ1) is 7.78. The summed E-state index contributed by atoms with van der Waals surface area (Å²) in [6.45, 7) is 5.57. The standard InChI is InChI=1S/C13H19NO2/c1-2-14-9-7-13(8-10-14)16-12-5-3-11(15)4-6-12/h3-6,13,15H,2,7-10H2,1H3. The Kier molecular flexibility index (Phi) is 3.67. The molecule has 1 aliphatic rings.